The summed E-state index contributed by atoms with van der Waals surface area (Å²) in [6, 6.07) is 14.3. The fourth-order valence-electron chi connectivity index (χ4n) is 2.22. The van der Waals surface area contributed by atoms with Gasteiger partial charge < -0.3 is 11.1 Å². The minimum atomic E-state index is 0.372. The van der Waals surface area contributed by atoms with E-state index in [1.54, 1.807) is 7.05 Å². The Hall–Kier alpha value is -2.69. The van der Waals surface area contributed by atoms with Crippen LogP contribution in [0.2, 0.25) is 0 Å². The van der Waals surface area contributed by atoms with Crippen molar-refractivity contribution in [3.8, 4) is 0 Å². The fraction of sp³-hybridized carbons (Fsp3) is 0.133. The van der Waals surface area contributed by atoms with Crippen LogP contribution in [0.1, 0.15) is 0 Å². The number of benzene rings is 2. The van der Waals surface area contributed by atoms with Crippen LogP contribution in [0.25, 0.3) is 10.8 Å². The molecular weight excluding hydrogens is 250 g/mol. The molecule has 2 aromatic carbocycles. The second-order valence-electron chi connectivity index (χ2n) is 4.42. The van der Waals surface area contributed by atoms with E-state index in [-0.39, 0.29) is 0 Å². The third-order valence-corrected chi connectivity index (χ3v) is 3.20. The van der Waals surface area contributed by atoms with Gasteiger partial charge in [-0.2, -0.15) is 0 Å². The Balaban J connectivity index is 1.99. The fourth-order valence-corrected chi connectivity index (χ4v) is 2.22. The summed E-state index contributed by atoms with van der Waals surface area (Å²) in [5, 5.41) is 5.60. The zero-order valence-electron chi connectivity index (χ0n) is 11.2. The molecule has 3 N–H and O–H groups in total. The number of rotatable bonds is 2. The van der Waals surface area contributed by atoms with Gasteiger partial charge in [0.1, 0.15) is 18.2 Å². The summed E-state index contributed by atoms with van der Waals surface area (Å²) in [7, 11) is 1.71. The lowest BCUT2D eigenvalue weighted by Crippen LogP contribution is -2.33. The Labute approximate surface area is 117 Å². The van der Waals surface area contributed by atoms with Crippen molar-refractivity contribution >= 4 is 33.8 Å². The van der Waals surface area contributed by atoms with Gasteiger partial charge in [0.2, 0.25) is 0 Å². The summed E-state index contributed by atoms with van der Waals surface area (Å²) in [5.41, 5.74) is 7.42. The molecule has 1 heterocycles. The first-order chi connectivity index (χ1) is 9.79. The van der Waals surface area contributed by atoms with Gasteiger partial charge in [-0.15, -0.1) is 0 Å². The van der Waals surface area contributed by atoms with Crippen molar-refractivity contribution in [2.24, 2.45) is 20.7 Å². The largest absolute Gasteiger partial charge is 0.382 e. The van der Waals surface area contributed by atoms with Crippen molar-refractivity contribution in [2.75, 3.05) is 19.0 Å². The highest BCUT2D eigenvalue weighted by Crippen LogP contribution is 2.23. The Bertz CT molecular complexity index is 738. The van der Waals surface area contributed by atoms with Crippen LogP contribution in [0.4, 0.5) is 5.69 Å². The summed E-state index contributed by atoms with van der Waals surface area (Å²) in [6.45, 7) is 0.372. The molecule has 1 aliphatic rings. The van der Waals surface area contributed by atoms with Crippen LogP contribution in [0.15, 0.2) is 57.4 Å². The van der Waals surface area contributed by atoms with Crippen molar-refractivity contribution in [1.29, 1.82) is 0 Å². The number of nitrogens with zero attached hydrogens (tertiary/aromatic N) is 3. The molecule has 0 aromatic heterocycles. The molecule has 0 bridgehead atoms. The van der Waals surface area contributed by atoms with Crippen LogP contribution in [0.3, 0.4) is 0 Å². The first-order valence-corrected chi connectivity index (χ1v) is 6.36. The van der Waals surface area contributed by atoms with Crippen LogP contribution < -0.4 is 11.1 Å². The van der Waals surface area contributed by atoms with Gasteiger partial charge >= 0.3 is 0 Å². The van der Waals surface area contributed by atoms with E-state index in [2.05, 4.69) is 38.5 Å². The third kappa shape index (κ3) is 2.14. The van der Waals surface area contributed by atoms with Gasteiger partial charge in [0.15, 0.2) is 5.84 Å². The first kappa shape index (κ1) is 12.3. The molecule has 0 aliphatic carbocycles. The number of aliphatic imine (C=N–C) groups is 3. The van der Waals surface area contributed by atoms with Crippen molar-refractivity contribution in [1.82, 2.24) is 0 Å². The molecule has 0 atom stereocenters. The number of hydrogen-bond donors (Lipinski definition) is 2. The standard InChI is InChI=1S/C15H15N5/c1-17-15(13-14(16)19-9-18-13)20-12-8-4-6-10-5-2-3-7-11(10)12/h2-8H,9H2,1H3,(H2,16,19)(H,17,20). The normalized spacial score (nSPS) is 15.2. The van der Waals surface area contributed by atoms with E-state index in [9.17, 15) is 0 Å². The van der Waals surface area contributed by atoms with Gasteiger partial charge in [0.05, 0.1) is 0 Å². The molecule has 20 heavy (non-hydrogen) atoms. The van der Waals surface area contributed by atoms with Gasteiger partial charge in [0.25, 0.3) is 0 Å². The molecule has 0 unspecified atom stereocenters. The van der Waals surface area contributed by atoms with E-state index in [1.165, 1.54) is 5.39 Å². The van der Waals surface area contributed by atoms with Gasteiger partial charge in [-0.05, 0) is 11.5 Å². The molecule has 0 saturated carbocycles. The molecule has 0 spiro atoms. The second-order valence-corrected chi connectivity index (χ2v) is 4.42. The lowest BCUT2D eigenvalue weighted by molar-refractivity contribution is 1.10. The molecule has 2 aromatic rings. The van der Waals surface area contributed by atoms with Crippen molar-refractivity contribution in [2.45, 2.75) is 0 Å². The number of anilines is 1. The number of hydrogen-bond acceptors (Lipinski definition) is 4. The maximum absolute atomic E-state index is 5.82. The third-order valence-electron chi connectivity index (χ3n) is 3.20. The highest BCUT2D eigenvalue weighted by molar-refractivity contribution is 6.70. The Morgan fingerprint density at radius 3 is 2.70 bits per heavy atom. The minimum absolute atomic E-state index is 0.372. The van der Waals surface area contributed by atoms with Crippen LogP contribution in [0.5, 0.6) is 0 Å². The molecule has 5 heteroatoms. The van der Waals surface area contributed by atoms with E-state index >= 15 is 0 Å². The molecule has 0 radical (unpaired) electrons. The topological polar surface area (TPSA) is 75.1 Å². The summed E-state index contributed by atoms with van der Waals surface area (Å²) in [5.74, 6) is 1.07. The summed E-state index contributed by atoms with van der Waals surface area (Å²) < 4.78 is 0. The Kier molecular flexibility index (Phi) is 3.16. The van der Waals surface area contributed by atoms with Crippen LogP contribution in [-0.2, 0) is 0 Å². The SMILES string of the molecule is CN=C(Nc1cccc2ccccc12)C1=NCN=C1N. The highest BCUT2D eigenvalue weighted by Gasteiger charge is 2.17. The minimum Gasteiger partial charge on any atom is -0.382 e. The van der Waals surface area contributed by atoms with Gasteiger partial charge in [-0.3, -0.25) is 9.98 Å². The molecule has 0 saturated heterocycles. The average molecular weight is 265 g/mol. The number of amidine groups is 2. The monoisotopic (exact) mass is 265 g/mol. The number of nitrogens with two attached hydrogens (primary N) is 1. The number of fused-ring (bicyclic) bond motifs is 1. The summed E-state index contributed by atoms with van der Waals surface area (Å²) >= 11 is 0. The lowest BCUT2D eigenvalue weighted by Gasteiger charge is -2.12. The maximum Gasteiger partial charge on any atom is 0.154 e. The van der Waals surface area contributed by atoms with Crippen LogP contribution in [-0.4, -0.2) is 31.1 Å². The zero-order chi connectivity index (χ0) is 13.9. The number of nitrogens with one attached hydrogen (secondary N) is 1. The lowest BCUT2D eigenvalue weighted by atomic mass is 10.1. The van der Waals surface area contributed by atoms with E-state index < -0.39 is 0 Å². The molecule has 0 fully saturated rings. The predicted octanol–water partition coefficient (Wildman–Crippen LogP) is 2.05. The smallest absolute Gasteiger partial charge is 0.154 e. The van der Waals surface area contributed by atoms with Gasteiger partial charge in [-0.25, -0.2) is 4.99 Å². The molecular formula is C15H15N5. The summed E-state index contributed by atoms with van der Waals surface area (Å²) in [6.07, 6.45) is 0. The van der Waals surface area contributed by atoms with E-state index in [0.717, 1.165) is 11.1 Å². The summed E-state index contributed by atoms with van der Waals surface area (Å²) in [4.78, 5) is 12.6. The molecule has 0 amide bonds. The molecule has 1 aliphatic heterocycles. The van der Waals surface area contributed by atoms with Crippen molar-refractivity contribution in [3.63, 3.8) is 0 Å². The molecule has 5 nitrogen and oxygen atoms in total. The average Bonchev–Trinajstić information content (AvgIpc) is 2.91. The zero-order valence-corrected chi connectivity index (χ0v) is 11.2. The van der Waals surface area contributed by atoms with E-state index in [1.807, 2.05) is 24.3 Å². The molecule has 100 valence electrons. The second kappa shape index (κ2) is 5.13. The van der Waals surface area contributed by atoms with Crippen molar-refractivity contribution in [3.05, 3.63) is 42.5 Å². The predicted molar refractivity (Wildman–Crippen MR) is 84.9 cm³/mol. The Morgan fingerprint density at radius 1 is 1.15 bits per heavy atom. The maximum atomic E-state index is 5.82. The molecule has 3 rings (SSSR count). The first-order valence-electron chi connectivity index (χ1n) is 6.36. The van der Waals surface area contributed by atoms with Gasteiger partial charge in [-0.1, -0.05) is 36.4 Å². The van der Waals surface area contributed by atoms with E-state index in [4.69, 9.17) is 5.73 Å². The van der Waals surface area contributed by atoms with E-state index in [0.29, 0.717) is 24.1 Å². The Morgan fingerprint density at radius 2 is 1.95 bits per heavy atom. The quantitative estimate of drug-likeness (QED) is 0.644. The van der Waals surface area contributed by atoms with Crippen LogP contribution >= 0.6 is 0 Å². The van der Waals surface area contributed by atoms with Crippen LogP contribution in [0, 0.1) is 0 Å². The van der Waals surface area contributed by atoms with Gasteiger partial charge in [0, 0.05) is 18.1 Å². The van der Waals surface area contributed by atoms with Crippen molar-refractivity contribution < 1.29 is 0 Å². The highest BCUT2D eigenvalue weighted by atomic mass is 15.1.